The number of hydrogen-bond donors (Lipinski definition) is 1. The average Bonchev–Trinajstić information content (AvgIpc) is 2.32. The molecule has 1 aromatic rings. The second-order valence-electron chi connectivity index (χ2n) is 3.50. The lowest BCUT2D eigenvalue weighted by molar-refractivity contribution is -0.120. The van der Waals surface area contributed by atoms with Crippen LogP contribution in [0.1, 0.15) is 12.0 Å². The number of pyridine rings is 1. The maximum atomic E-state index is 11.8. The van der Waals surface area contributed by atoms with E-state index in [1.807, 2.05) is 0 Å². The molecule has 0 aliphatic heterocycles. The van der Waals surface area contributed by atoms with Crippen molar-refractivity contribution < 1.29 is 18.0 Å². The monoisotopic (exact) mass is 278 g/mol. The number of nitrogens with zero attached hydrogens (tertiary/aromatic N) is 1. The van der Waals surface area contributed by atoms with Gasteiger partial charge in [0.15, 0.2) is 0 Å². The van der Waals surface area contributed by atoms with Crippen molar-refractivity contribution in [2.24, 2.45) is 0 Å². The predicted octanol–water partition coefficient (Wildman–Crippen LogP) is 2.38. The third kappa shape index (κ3) is 7.16. The standard InChI is InChI=1S/C11H13F3N2OS/c12-11(13,14)18-8-7-16-10(17)2-1-9-3-5-15-6-4-9/h3-6H,1-2,7-8H2,(H,16,17). The first kappa shape index (κ1) is 14.8. The Morgan fingerprint density at radius 3 is 2.61 bits per heavy atom. The first-order valence-corrected chi connectivity index (χ1v) is 6.32. The summed E-state index contributed by atoms with van der Waals surface area (Å²) in [6.45, 7) is 0.0271. The number of hydrogen-bond acceptors (Lipinski definition) is 3. The number of nitrogens with one attached hydrogen (secondary N) is 1. The van der Waals surface area contributed by atoms with Crippen LogP contribution in [0.4, 0.5) is 13.2 Å². The minimum absolute atomic E-state index is 0.0271. The summed E-state index contributed by atoms with van der Waals surface area (Å²) in [5, 5.41) is 2.45. The summed E-state index contributed by atoms with van der Waals surface area (Å²) < 4.78 is 35.4. The van der Waals surface area contributed by atoms with Gasteiger partial charge in [0.1, 0.15) is 0 Å². The van der Waals surface area contributed by atoms with Crippen molar-refractivity contribution >= 4 is 17.7 Å². The Kier molecular flexibility index (Phi) is 5.97. The quantitative estimate of drug-likeness (QED) is 0.812. The van der Waals surface area contributed by atoms with Gasteiger partial charge in [0.25, 0.3) is 0 Å². The van der Waals surface area contributed by atoms with E-state index in [-0.39, 0.29) is 36.4 Å². The van der Waals surface area contributed by atoms with Crippen LogP contribution in [-0.2, 0) is 11.2 Å². The fourth-order valence-electron chi connectivity index (χ4n) is 1.25. The SMILES string of the molecule is O=C(CCc1ccncc1)NCCSC(F)(F)F. The van der Waals surface area contributed by atoms with Crippen molar-refractivity contribution in [3.05, 3.63) is 30.1 Å². The number of thioether (sulfide) groups is 1. The van der Waals surface area contributed by atoms with Crippen molar-refractivity contribution in [2.75, 3.05) is 12.3 Å². The second-order valence-corrected chi connectivity index (χ2v) is 4.66. The maximum absolute atomic E-state index is 11.8. The van der Waals surface area contributed by atoms with Crippen molar-refractivity contribution in [1.82, 2.24) is 10.3 Å². The van der Waals surface area contributed by atoms with Gasteiger partial charge in [0.2, 0.25) is 5.91 Å². The molecule has 0 saturated carbocycles. The van der Waals surface area contributed by atoms with Crippen LogP contribution in [0.25, 0.3) is 0 Å². The van der Waals surface area contributed by atoms with Crippen molar-refractivity contribution in [3.8, 4) is 0 Å². The van der Waals surface area contributed by atoms with Gasteiger partial charge in [-0.05, 0) is 35.9 Å². The molecule has 1 heterocycles. The Bertz CT molecular complexity index is 370. The van der Waals surface area contributed by atoms with Crippen LogP contribution in [-0.4, -0.2) is 28.7 Å². The molecule has 0 aromatic carbocycles. The van der Waals surface area contributed by atoms with Crippen molar-refractivity contribution in [3.63, 3.8) is 0 Å². The molecule has 0 atom stereocenters. The van der Waals surface area contributed by atoms with Gasteiger partial charge in [-0.3, -0.25) is 9.78 Å². The first-order chi connectivity index (χ1) is 8.47. The highest BCUT2D eigenvalue weighted by atomic mass is 32.2. The fourth-order valence-corrected chi connectivity index (χ4v) is 1.69. The molecule has 0 saturated heterocycles. The largest absolute Gasteiger partial charge is 0.441 e. The number of amides is 1. The van der Waals surface area contributed by atoms with Crippen molar-refractivity contribution in [2.45, 2.75) is 18.3 Å². The Morgan fingerprint density at radius 1 is 1.33 bits per heavy atom. The van der Waals surface area contributed by atoms with Gasteiger partial charge in [-0.15, -0.1) is 0 Å². The van der Waals surface area contributed by atoms with Crippen molar-refractivity contribution in [1.29, 1.82) is 0 Å². The molecule has 0 unspecified atom stereocenters. The molecule has 7 heteroatoms. The highest BCUT2D eigenvalue weighted by Gasteiger charge is 2.27. The van der Waals surface area contributed by atoms with E-state index in [0.717, 1.165) is 5.56 Å². The molecule has 0 fully saturated rings. The van der Waals surface area contributed by atoms with Crippen LogP contribution in [0.5, 0.6) is 0 Å². The van der Waals surface area contributed by atoms with Gasteiger partial charge in [0.05, 0.1) is 0 Å². The normalized spacial score (nSPS) is 11.3. The van der Waals surface area contributed by atoms with E-state index >= 15 is 0 Å². The molecular formula is C11H13F3N2OS. The van der Waals surface area contributed by atoms with E-state index in [4.69, 9.17) is 0 Å². The molecule has 1 rings (SSSR count). The Hall–Kier alpha value is -1.24. The van der Waals surface area contributed by atoms with Gasteiger partial charge < -0.3 is 5.32 Å². The van der Waals surface area contributed by atoms with Crippen LogP contribution >= 0.6 is 11.8 Å². The number of aromatic nitrogens is 1. The Balaban J connectivity index is 2.11. The van der Waals surface area contributed by atoms with Crippen LogP contribution in [0, 0.1) is 0 Å². The van der Waals surface area contributed by atoms with Crippen LogP contribution < -0.4 is 5.32 Å². The summed E-state index contributed by atoms with van der Waals surface area (Å²) in [7, 11) is 0. The first-order valence-electron chi connectivity index (χ1n) is 5.33. The third-order valence-corrected chi connectivity index (χ3v) is 2.82. The van der Waals surface area contributed by atoms with E-state index in [2.05, 4.69) is 10.3 Å². The lowest BCUT2D eigenvalue weighted by atomic mass is 10.1. The maximum Gasteiger partial charge on any atom is 0.441 e. The Morgan fingerprint density at radius 2 is 2.00 bits per heavy atom. The summed E-state index contributed by atoms with van der Waals surface area (Å²) in [6.07, 6.45) is 4.09. The molecule has 0 aliphatic carbocycles. The van der Waals surface area contributed by atoms with Crippen LogP contribution in [0.2, 0.25) is 0 Å². The van der Waals surface area contributed by atoms with Crippen LogP contribution in [0.3, 0.4) is 0 Å². The number of carbonyl (C=O) groups excluding carboxylic acids is 1. The molecule has 1 aromatic heterocycles. The zero-order valence-corrected chi connectivity index (χ0v) is 10.4. The number of alkyl halides is 3. The molecular weight excluding hydrogens is 265 g/mol. The zero-order chi connectivity index (χ0) is 13.4. The van der Waals surface area contributed by atoms with Gasteiger partial charge in [-0.25, -0.2) is 0 Å². The number of carbonyl (C=O) groups is 1. The third-order valence-electron chi connectivity index (χ3n) is 2.08. The number of aryl methyl sites for hydroxylation is 1. The highest BCUT2D eigenvalue weighted by Crippen LogP contribution is 2.29. The second kappa shape index (κ2) is 7.25. The van der Waals surface area contributed by atoms with E-state index in [1.165, 1.54) is 0 Å². The molecule has 0 spiro atoms. The summed E-state index contributed by atoms with van der Waals surface area (Å²) in [5.41, 5.74) is -3.26. The number of rotatable bonds is 6. The molecule has 3 nitrogen and oxygen atoms in total. The van der Waals surface area contributed by atoms with Gasteiger partial charge in [-0.1, -0.05) is 0 Å². The number of halogens is 3. The van der Waals surface area contributed by atoms with E-state index in [1.54, 1.807) is 24.5 Å². The topological polar surface area (TPSA) is 42.0 Å². The highest BCUT2D eigenvalue weighted by molar-refractivity contribution is 8.00. The lowest BCUT2D eigenvalue weighted by Gasteiger charge is -2.07. The summed E-state index contributed by atoms with van der Waals surface area (Å²) in [5.74, 6) is -0.403. The minimum Gasteiger partial charge on any atom is -0.355 e. The van der Waals surface area contributed by atoms with E-state index in [0.29, 0.717) is 6.42 Å². The van der Waals surface area contributed by atoms with Gasteiger partial charge in [0, 0.05) is 31.1 Å². The van der Waals surface area contributed by atoms with Crippen LogP contribution in [0.15, 0.2) is 24.5 Å². The molecule has 1 amide bonds. The summed E-state index contributed by atoms with van der Waals surface area (Å²) in [6, 6.07) is 3.60. The average molecular weight is 278 g/mol. The molecule has 0 radical (unpaired) electrons. The smallest absolute Gasteiger partial charge is 0.355 e. The fraction of sp³-hybridized carbons (Fsp3) is 0.455. The summed E-state index contributed by atoms with van der Waals surface area (Å²) >= 11 is -0.133. The van der Waals surface area contributed by atoms with Gasteiger partial charge in [-0.2, -0.15) is 13.2 Å². The Labute approximate surface area is 107 Å². The van der Waals surface area contributed by atoms with E-state index < -0.39 is 5.51 Å². The molecule has 0 aliphatic rings. The van der Waals surface area contributed by atoms with E-state index in [9.17, 15) is 18.0 Å². The molecule has 100 valence electrons. The molecule has 1 N–H and O–H groups in total. The lowest BCUT2D eigenvalue weighted by Crippen LogP contribution is -2.26. The molecule has 0 bridgehead atoms. The zero-order valence-electron chi connectivity index (χ0n) is 9.54. The minimum atomic E-state index is -4.23. The van der Waals surface area contributed by atoms with Gasteiger partial charge >= 0.3 is 5.51 Å². The predicted molar refractivity (Wildman–Crippen MR) is 64.1 cm³/mol. The molecule has 18 heavy (non-hydrogen) atoms. The summed E-state index contributed by atoms with van der Waals surface area (Å²) in [4.78, 5) is 15.2.